The number of ether oxygens (including phenoxy) is 1. The van der Waals surface area contributed by atoms with Crippen LogP contribution in [-0.4, -0.2) is 42.2 Å². The largest absolute Gasteiger partial charge is 0.497 e. The summed E-state index contributed by atoms with van der Waals surface area (Å²) in [6.45, 7) is 1.22. The van der Waals surface area contributed by atoms with Crippen molar-refractivity contribution >= 4 is 5.91 Å². The van der Waals surface area contributed by atoms with Crippen molar-refractivity contribution in [1.29, 1.82) is 0 Å². The second-order valence-electron chi connectivity index (χ2n) is 4.66. The number of nitrogens with zero attached hydrogens (tertiary/aromatic N) is 1. The molecule has 2 rings (SSSR count). The third-order valence-corrected chi connectivity index (χ3v) is 3.26. The summed E-state index contributed by atoms with van der Waals surface area (Å²) in [5, 5.41) is 9.55. The Hall–Kier alpha value is -1.55. The van der Waals surface area contributed by atoms with E-state index in [2.05, 4.69) is 0 Å². The van der Waals surface area contributed by atoms with Gasteiger partial charge in [-0.2, -0.15) is 0 Å². The van der Waals surface area contributed by atoms with Crippen LogP contribution in [0.4, 0.5) is 0 Å². The normalized spacial score (nSPS) is 19.7. The van der Waals surface area contributed by atoms with Crippen molar-refractivity contribution in [3.05, 3.63) is 29.8 Å². The smallest absolute Gasteiger partial charge is 0.227 e. The van der Waals surface area contributed by atoms with Gasteiger partial charge in [-0.15, -0.1) is 0 Å². The monoisotopic (exact) mass is 249 g/mol. The average Bonchev–Trinajstić information content (AvgIpc) is 2.39. The molecule has 1 aliphatic rings. The summed E-state index contributed by atoms with van der Waals surface area (Å²) in [4.78, 5) is 13.8. The van der Waals surface area contributed by atoms with Gasteiger partial charge in [0.15, 0.2) is 0 Å². The molecule has 0 aliphatic carbocycles. The van der Waals surface area contributed by atoms with Gasteiger partial charge >= 0.3 is 0 Å². The fraction of sp³-hybridized carbons (Fsp3) is 0.500. The van der Waals surface area contributed by atoms with Gasteiger partial charge in [0.05, 0.1) is 19.6 Å². The number of carbonyl (C=O) groups excluding carboxylic acids is 1. The fourth-order valence-electron chi connectivity index (χ4n) is 2.21. The molecular formula is C14H19NO3. The number of carbonyl (C=O) groups is 1. The molecule has 0 spiro atoms. The first-order chi connectivity index (χ1) is 8.69. The van der Waals surface area contributed by atoms with E-state index in [-0.39, 0.29) is 12.0 Å². The Bertz CT molecular complexity index is 402. The van der Waals surface area contributed by atoms with Crippen LogP contribution in [0.5, 0.6) is 5.75 Å². The molecule has 0 aromatic heterocycles. The van der Waals surface area contributed by atoms with E-state index in [0.29, 0.717) is 13.0 Å². The maximum absolute atomic E-state index is 12.1. The lowest BCUT2D eigenvalue weighted by Crippen LogP contribution is -2.42. The van der Waals surface area contributed by atoms with E-state index in [0.717, 1.165) is 30.7 Å². The Balaban J connectivity index is 1.93. The van der Waals surface area contributed by atoms with Crippen LogP contribution in [0.3, 0.4) is 0 Å². The number of aliphatic hydroxyl groups excluding tert-OH is 1. The van der Waals surface area contributed by atoms with E-state index in [1.165, 1.54) is 0 Å². The summed E-state index contributed by atoms with van der Waals surface area (Å²) in [6.07, 6.45) is 1.71. The van der Waals surface area contributed by atoms with Crippen LogP contribution in [0.25, 0.3) is 0 Å². The first-order valence-corrected chi connectivity index (χ1v) is 6.28. The average molecular weight is 249 g/mol. The molecule has 1 N–H and O–H groups in total. The zero-order valence-corrected chi connectivity index (χ0v) is 10.6. The number of amides is 1. The standard InChI is InChI=1S/C14H19NO3/c1-18-13-6-4-11(5-7-13)9-14(17)15-8-2-3-12(16)10-15/h4-7,12,16H,2-3,8-10H2,1H3/t12-/m0/s1. The van der Waals surface area contributed by atoms with E-state index in [1.54, 1.807) is 12.0 Å². The maximum atomic E-state index is 12.1. The molecule has 4 heteroatoms. The summed E-state index contributed by atoms with van der Waals surface area (Å²) >= 11 is 0. The van der Waals surface area contributed by atoms with Gasteiger partial charge in [0.2, 0.25) is 5.91 Å². The van der Waals surface area contributed by atoms with Gasteiger partial charge in [0.1, 0.15) is 5.75 Å². The Labute approximate surface area is 107 Å². The topological polar surface area (TPSA) is 49.8 Å². The van der Waals surface area contributed by atoms with E-state index in [4.69, 9.17) is 4.74 Å². The number of hydrogen-bond donors (Lipinski definition) is 1. The highest BCUT2D eigenvalue weighted by Crippen LogP contribution is 2.14. The first-order valence-electron chi connectivity index (χ1n) is 6.28. The van der Waals surface area contributed by atoms with Gasteiger partial charge in [-0.25, -0.2) is 0 Å². The lowest BCUT2D eigenvalue weighted by atomic mass is 10.1. The van der Waals surface area contributed by atoms with Crippen LogP contribution in [0.1, 0.15) is 18.4 Å². The van der Waals surface area contributed by atoms with Crippen molar-refractivity contribution in [3.8, 4) is 5.75 Å². The van der Waals surface area contributed by atoms with Gasteiger partial charge in [0.25, 0.3) is 0 Å². The molecule has 1 heterocycles. The van der Waals surface area contributed by atoms with Gasteiger partial charge in [-0.1, -0.05) is 12.1 Å². The Morgan fingerprint density at radius 2 is 2.17 bits per heavy atom. The van der Waals surface area contributed by atoms with Crippen LogP contribution in [0, 0.1) is 0 Å². The zero-order valence-electron chi connectivity index (χ0n) is 10.6. The summed E-state index contributed by atoms with van der Waals surface area (Å²) < 4.78 is 5.08. The number of hydrogen-bond acceptors (Lipinski definition) is 3. The number of likely N-dealkylation sites (tertiary alicyclic amines) is 1. The van der Waals surface area contributed by atoms with Gasteiger partial charge in [-0.05, 0) is 30.5 Å². The molecule has 98 valence electrons. The quantitative estimate of drug-likeness (QED) is 0.876. The maximum Gasteiger partial charge on any atom is 0.227 e. The number of benzene rings is 1. The predicted octanol–water partition coefficient (Wildman–Crippen LogP) is 1.22. The summed E-state index contributed by atoms with van der Waals surface area (Å²) in [5.74, 6) is 0.874. The second kappa shape index (κ2) is 5.87. The Kier molecular flexibility index (Phi) is 4.20. The van der Waals surface area contributed by atoms with E-state index in [9.17, 15) is 9.90 Å². The van der Waals surface area contributed by atoms with Gasteiger partial charge in [-0.3, -0.25) is 4.79 Å². The summed E-state index contributed by atoms with van der Waals surface area (Å²) in [5.41, 5.74) is 0.973. The van der Waals surface area contributed by atoms with Crippen molar-refractivity contribution in [3.63, 3.8) is 0 Å². The lowest BCUT2D eigenvalue weighted by molar-refractivity contribution is -0.133. The van der Waals surface area contributed by atoms with Gasteiger partial charge < -0.3 is 14.7 Å². The number of methoxy groups -OCH3 is 1. The first kappa shape index (κ1) is 12.9. The van der Waals surface area contributed by atoms with E-state index < -0.39 is 0 Å². The Morgan fingerprint density at radius 3 is 2.78 bits per heavy atom. The van der Waals surface area contributed by atoms with Crippen LogP contribution >= 0.6 is 0 Å². The molecule has 1 fully saturated rings. The number of aliphatic hydroxyl groups is 1. The lowest BCUT2D eigenvalue weighted by Gasteiger charge is -2.30. The van der Waals surface area contributed by atoms with Crippen molar-refractivity contribution in [2.24, 2.45) is 0 Å². The number of β-amino-alcohol motifs (C(OH)–C–C–N with tert-alkyl or cyclic N) is 1. The third-order valence-electron chi connectivity index (χ3n) is 3.26. The zero-order chi connectivity index (χ0) is 13.0. The SMILES string of the molecule is COc1ccc(CC(=O)N2CCC[C@H](O)C2)cc1. The van der Waals surface area contributed by atoms with Crippen LogP contribution < -0.4 is 4.74 Å². The molecule has 1 aromatic rings. The highest BCUT2D eigenvalue weighted by atomic mass is 16.5. The van der Waals surface area contributed by atoms with Gasteiger partial charge in [0, 0.05) is 13.1 Å². The molecule has 1 saturated heterocycles. The van der Waals surface area contributed by atoms with Crippen LogP contribution in [-0.2, 0) is 11.2 Å². The van der Waals surface area contributed by atoms with Crippen molar-refractivity contribution in [1.82, 2.24) is 4.90 Å². The highest BCUT2D eigenvalue weighted by molar-refractivity contribution is 5.79. The highest BCUT2D eigenvalue weighted by Gasteiger charge is 2.21. The number of piperidine rings is 1. The molecular weight excluding hydrogens is 230 g/mol. The minimum atomic E-state index is -0.362. The molecule has 1 amide bonds. The minimum Gasteiger partial charge on any atom is -0.497 e. The third kappa shape index (κ3) is 3.23. The Morgan fingerprint density at radius 1 is 1.44 bits per heavy atom. The van der Waals surface area contributed by atoms with Crippen LogP contribution in [0.2, 0.25) is 0 Å². The molecule has 1 atom stereocenters. The molecule has 4 nitrogen and oxygen atoms in total. The molecule has 0 radical (unpaired) electrons. The molecule has 1 aliphatic heterocycles. The predicted molar refractivity (Wildman–Crippen MR) is 68.5 cm³/mol. The number of rotatable bonds is 3. The molecule has 18 heavy (non-hydrogen) atoms. The van der Waals surface area contributed by atoms with E-state index >= 15 is 0 Å². The summed E-state index contributed by atoms with van der Waals surface area (Å²) in [7, 11) is 1.62. The molecule has 1 aromatic carbocycles. The van der Waals surface area contributed by atoms with Crippen LogP contribution in [0.15, 0.2) is 24.3 Å². The summed E-state index contributed by atoms with van der Waals surface area (Å²) in [6, 6.07) is 7.51. The van der Waals surface area contributed by atoms with Crippen molar-refractivity contribution < 1.29 is 14.6 Å². The van der Waals surface area contributed by atoms with Crippen molar-refractivity contribution in [2.75, 3.05) is 20.2 Å². The fourth-order valence-corrected chi connectivity index (χ4v) is 2.21. The van der Waals surface area contributed by atoms with Crippen molar-refractivity contribution in [2.45, 2.75) is 25.4 Å². The molecule has 0 bridgehead atoms. The molecule has 0 unspecified atom stereocenters. The second-order valence-corrected chi connectivity index (χ2v) is 4.66. The van der Waals surface area contributed by atoms with E-state index in [1.807, 2.05) is 24.3 Å². The molecule has 0 saturated carbocycles. The minimum absolute atomic E-state index is 0.0823.